The van der Waals surface area contributed by atoms with Crippen molar-refractivity contribution in [3.05, 3.63) is 91.0 Å². The van der Waals surface area contributed by atoms with Gasteiger partial charge in [0.05, 0.1) is 0 Å². The summed E-state index contributed by atoms with van der Waals surface area (Å²) in [6, 6.07) is 34.0. The van der Waals surface area contributed by atoms with Gasteiger partial charge in [-0.2, -0.15) is 0 Å². The van der Waals surface area contributed by atoms with Crippen molar-refractivity contribution in [2.45, 2.75) is 52.1 Å². The normalized spacial score (nSPS) is 14.4. The molecule has 0 bridgehead atoms. The summed E-state index contributed by atoms with van der Waals surface area (Å²) in [6.45, 7) is 7.21. The first kappa shape index (κ1) is 20.8. The molecule has 0 saturated heterocycles. The molecule has 0 aliphatic rings. The van der Waals surface area contributed by atoms with E-state index >= 15 is 0 Å². The topological polar surface area (TPSA) is 0 Å². The van der Waals surface area contributed by atoms with E-state index in [1.807, 2.05) is 0 Å². The molecule has 2 unspecified atom stereocenters. The van der Waals surface area contributed by atoms with Crippen LogP contribution in [-0.4, -0.2) is 5.66 Å². The van der Waals surface area contributed by atoms with Crippen LogP contribution in [0.2, 0.25) is 0 Å². The van der Waals surface area contributed by atoms with E-state index in [-0.39, 0.29) is 0 Å². The third kappa shape index (κ3) is 4.39. The van der Waals surface area contributed by atoms with E-state index in [2.05, 4.69) is 112 Å². The zero-order chi connectivity index (χ0) is 19.8. The molecule has 0 fully saturated rings. The van der Waals surface area contributed by atoms with Gasteiger partial charge < -0.3 is 0 Å². The van der Waals surface area contributed by atoms with Gasteiger partial charge in [0.15, 0.2) is 0 Å². The molecule has 0 radical (unpaired) electrons. The molecular formula is C27H35P. The molecule has 2 atom stereocenters. The summed E-state index contributed by atoms with van der Waals surface area (Å²) in [5, 5.41) is 4.59. The van der Waals surface area contributed by atoms with E-state index in [9.17, 15) is 0 Å². The van der Waals surface area contributed by atoms with Crippen molar-refractivity contribution < 1.29 is 0 Å². The summed E-state index contributed by atoms with van der Waals surface area (Å²) in [6.07, 6.45) is 5.23. The summed E-state index contributed by atoms with van der Waals surface area (Å²) in [5.74, 6) is 0.827. The fourth-order valence-corrected chi connectivity index (χ4v) is 10.1. The third-order valence-corrected chi connectivity index (χ3v) is 12.0. The fourth-order valence-electron chi connectivity index (χ4n) is 4.65. The first-order valence-electron chi connectivity index (χ1n) is 10.9. The van der Waals surface area contributed by atoms with E-state index in [0.29, 0.717) is 5.66 Å². The van der Waals surface area contributed by atoms with Crippen molar-refractivity contribution >= 4 is 23.2 Å². The van der Waals surface area contributed by atoms with Crippen LogP contribution in [0.1, 0.15) is 46.5 Å². The molecule has 0 saturated carbocycles. The Morgan fingerprint density at radius 1 is 0.607 bits per heavy atom. The van der Waals surface area contributed by atoms with E-state index in [4.69, 9.17) is 0 Å². The number of rotatable bonds is 9. The molecule has 3 aromatic rings. The Morgan fingerprint density at radius 3 is 1.36 bits per heavy atom. The van der Waals surface area contributed by atoms with Gasteiger partial charge in [0.1, 0.15) is 0 Å². The second-order valence-electron chi connectivity index (χ2n) is 8.25. The van der Waals surface area contributed by atoms with Gasteiger partial charge in [-0.3, -0.25) is 0 Å². The number of hydrogen-bond donors (Lipinski definition) is 0. The summed E-state index contributed by atoms with van der Waals surface area (Å²) in [5.41, 5.74) is 0.642. The van der Waals surface area contributed by atoms with Crippen LogP contribution < -0.4 is 15.9 Å². The predicted molar refractivity (Wildman–Crippen MR) is 129 cm³/mol. The van der Waals surface area contributed by atoms with Gasteiger partial charge in [0.25, 0.3) is 0 Å². The SMILES string of the molecule is CCC(C)CCCC(C)[PH](c1ccccc1)(c1ccccc1)c1ccccc1. The van der Waals surface area contributed by atoms with Crippen LogP contribution in [0.15, 0.2) is 91.0 Å². The Labute approximate surface area is 172 Å². The zero-order valence-corrected chi connectivity index (χ0v) is 18.6. The monoisotopic (exact) mass is 390 g/mol. The molecule has 148 valence electrons. The van der Waals surface area contributed by atoms with Crippen molar-refractivity contribution in [2.24, 2.45) is 5.92 Å². The molecule has 3 aromatic carbocycles. The average Bonchev–Trinajstić information content (AvgIpc) is 2.76. The first-order valence-corrected chi connectivity index (χ1v) is 12.9. The number of hydrogen-bond acceptors (Lipinski definition) is 0. The van der Waals surface area contributed by atoms with E-state index in [1.165, 1.54) is 41.6 Å². The molecular weight excluding hydrogens is 355 g/mol. The minimum absolute atomic E-state index is 0.642. The van der Waals surface area contributed by atoms with Gasteiger partial charge in [0, 0.05) is 0 Å². The fraction of sp³-hybridized carbons (Fsp3) is 0.333. The van der Waals surface area contributed by atoms with Crippen LogP contribution in [0.4, 0.5) is 0 Å². The van der Waals surface area contributed by atoms with Gasteiger partial charge in [-0.15, -0.1) is 0 Å². The van der Waals surface area contributed by atoms with Crippen molar-refractivity contribution in [2.75, 3.05) is 0 Å². The van der Waals surface area contributed by atoms with Gasteiger partial charge in [-0.25, -0.2) is 0 Å². The standard InChI is InChI=1S/C27H35P/c1-4-23(2)15-14-16-24(3)28(25-17-8-5-9-18-25,26-19-10-6-11-20-26)27-21-12-7-13-22-27/h5-13,17-24,28H,4,14-16H2,1-3H3. The molecule has 0 aromatic heterocycles. The van der Waals surface area contributed by atoms with E-state index in [0.717, 1.165) is 5.92 Å². The van der Waals surface area contributed by atoms with Crippen molar-refractivity contribution in [3.63, 3.8) is 0 Å². The Bertz CT molecular complexity index is 714. The summed E-state index contributed by atoms with van der Waals surface area (Å²) in [4.78, 5) is 0. The molecule has 0 aliphatic heterocycles. The van der Waals surface area contributed by atoms with Crippen LogP contribution in [0.3, 0.4) is 0 Å². The van der Waals surface area contributed by atoms with Gasteiger partial charge in [-0.05, 0) is 0 Å². The Hall–Kier alpha value is -1.91. The van der Waals surface area contributed by atoms with Gasteiger partial charge >= 0.3 is 172 Å². The zero-order valence-electron chi connectivity index (χ0n) is 17.6. The summed E-state index contributed by atoms with van der Waals surface area (Å²) in [7, 11) is -2.11. The third-order valence-electron chi connectivity index (χ3n) is 6.46. The molecule has 0 N–H and O–H groups in total. The quantitative estimate of drug-likeness (QED) is 0.375. The molecule has 0 heterocycles. The van der Waals surface area contributed by atoms with Gasteiger partial charge in [-0.1, -0.05) is 0 Å². The van der Waals surface area contributed by atoms with Crippen LogP contribution in [0.25, 0.3) is 0 Å². The molecule has 3 rings (SSSR count). The number of benzene rings is 3. The van der Waals surface area contributed by atoms with E-state index < -0.39 is 7.26 Å². The maximum atomic E-state index is 2.51. The van der Waals surface area contributed by atoms with Crippen LogP contribution >= 0.6 is 7.26 Å². The maximum absolute atomic E-state index is 2.51. The van der Waals surface area contributed by atoms with Crippen LogP contribution in [-0.2, 0) is 0 Å². The molecule has 1 heteroatoms. The van der Waals surface area contributed by atoms with Crippen LogP contribution in [0, 0.1) is 5.92 Å². The molecule has 0 nitrogen and oxygen atoms in total. The van der Waals surface area contributed by atoms with Gasteiger partial charge in [0.2, 0.25) is 0 Å². The van der Waals surface area contributed by atoms with E-state index in [1.54, 1.807) is 0 Å². The molecule has 0 amide bonds. The molecule has 0 spiro atoms. The minimum atomic E-state index is -2.11. The first-order chi connectivity index (χ1) is 13.7. The van der Waals surface area contributed by atoms with Crippen molar-refractivity contribution in [1.82, 2.24) is 0 Å². The van der Waals surface area contributed by atoms with Crippen molar-refractivity contribution in [3.8, 4) is 0 Å². The second kappa shape index (κ2) is 10.0. The average molecular weight is 391 g/mol. The predicted octanol–water partition coefficient (Wildman–Crippen LogP) is 6.32. The van der Waals surface area contributed by atoms with Crippen molar-refractivity contribution in [1.29, 1.82) is 0 Å². The Balaban J connectivity index is 2.11. The summed E-state index contributed by atoms with van der Waals surface area (Å²) < 4.78 is 0. The Morgan fingerprint density at radius 2 is 1.00 bits per heavy atom. The Kier molecular flexibility index (Phi) is 7.46. The molecule has 28 heavy (non-hydrogen) atoms. The van der Waals surface area contributed by atoms with Crippen LogP contribution in [0.5, 0.6) is 0 Å². The molecule has 0 aliphatic carbocycles. The summed E-state index contributed by atoms with van der Waals surface area (Å²) >= 11 is 0. The second-order valence-corrected chi connectivity index (χ2v) is 12.6.